The minimum absolute atomic E-state index is 0.0727. The maximum Gasteiger partial charge on any atom is 0.256 e. The molecule has 1 N–H and O–H groups in total. The van der Waals surface area contributed by atoms with Gasteiger partial charge >= 0.3 is 0 Å². The van der Waals surface area contributed by atoms with Crippen LogP contribution in [0.2, 0.25) is 0 Å². The van der Waals surface area contributed by atoms with Crippen molar-refractivity contribution in [1.29, 1.82) is 0 Å². The number of thioether (sulfide) groups is 1. The van der Waals surface area contributed by atoms with Crippen molar-refractivity contribution < 1.29 is 19.1 Å². The number of anilines is 1. The average molecular weight is 354 g/mol. The number of hydrogen-bond donors (Lipinski definition) is 1. The summed E-state index contributed by atoms with van der Waals surface area (Å²) in [4.78, 5) is 27.2. The lowest BCUT2D eigenvalue weighted by Crippen LogP contribution is -2.42. The molecule has 0 spiro atoms. The Balaban J connectivity index is 1.38. The van der Waals surface area contributed by atoms with Crippen LogP contribution in [0.15, 0.2) is 42.5 Å². The van der Waals surface area contributed by atoms with Crippen molar-refractivity contribution in [2.24, 2.45) is 0 Å². The molecule has 1 fully saturated rings. The summed E-state index contributed by atoms with van der Waals surface area (Å²) in [5, 5.41) is 2.82. The number of ether oxygens (including phenoxy) is 2. The third kappa shape index (κ3) is 2.19. The zero-order valence-electron chi connectivity index (χ0n) is 13.1. The number of rotatable bonds is 2. The van der Waals surface area contributed by atoms with Crippen LogP contribution in [0, 0.1) is 0 Å². The molecule has 2 amide bonds. The van der Waals surface area contributed by atoms with Gasteiger partial charge in [-0.05, 0) is 23.8 Å². The summed E-state index contributed by atoms with van der Waals surface area (Å²) in [5.41, 5.74) is 2.32. The van der Waals surface area contributed by atoms with Gasteiger partial charge in [0.2, 0.25) is 12.7 Å². The monoisotopic (exact) mass is 354 g/mol. The Hall–Kier alpha value is -2.67. The first-order valence-electron chi connectivity index (χ1n) is 7.96. The van der Waals surface area contributed by atoms with Crippen LogP contribution in [-0.2, 0) is 4.79 Å². The van der Waals surface area contributed by atoms with Crippen LogP contribution < -0.4 is 14.8 Å². The molecule has 7 heteroatoms. The molecule has 2 unspecified atom stereocenters. The SMILES string of the molecule is O=C(Nc1ccc2c(c1)OCO2)C1CSC2c3ccccc3C(=O)N12. The van der Waals surface area contributed by atoms with E-state index in [0.717, 1.165) is 5.56 Å². The van der Waals surface area contributed by atoms with Gasteiger partial charge in [-0.25, -0.2) is 0 Å². The molecule has 25 heavy (non-hydrogen) atoms. The molecule has 5 rings (SSSR count). The van der Waals surface area contributed by atoms with E-state index in [4.69, 9.17) is 9.47 Å². The van der Waals surface area contributed by atoms with Gasteiger partial charge in [0.1, 0.15) is 11.4 Å². The average Bonchev–Trinajstić information content (AvgIpc) is 3.32. The summed E-state index contributed by atoms with van der Waals surface area (Å²) in [7, 11) is 0. The lowest BCUT2D eigenvalue weighted by molar-refractivity contribution is -0.119. The van der Waals surface area contributed by atoms with Crippen molar-refractivity contribution in [2.45, 2.75) is 11.4 Å². The van der Waals surface area contributed by atoms with Gasteiger partial charge in [0, 0.05) is 23.1 Å². The van der Waals surface area contributed by atoms with E-state index in [1.54, 1.807) is 34.9 Å². The predicted octanol–water partition coefficient (Wildman–Crippen LogP) is 2.62. The summed E-state index contributed by atoms with van der Waals surface area (Å²) in [5.74, 6) is 1.61. The molecule has 1 saturated heterocycles. The van der Waals surface area contributed by atoms with Crippen LogP contribution in [-0.4, -0.2) is 35.3 Å². The molecule has 0 aromatic heterocycles. The molecule has 0 saturated carbocycles. The Morgan fingerprint density at radius 1 is 1.16 bits per heavy atom. The quantitative estimate of drug-likeness (QED) is 0.898. The molecule has 3 heterocycles. The van der Waals surface area contributed by atoms with Crippen LogP contribution in [0.1, 0.15) is 21.3 Å². The highest BCUT2D eigenvalue weighted by atomic mass is 32.2. The molecule has 6 nitrogen and oxygen atoms in total. The fraction of sp³-hybridized carbons (Fsp3) is 0.222. The number of nitrogens with one attached hydrogen (secondary N) is 1. The Labute approximate surface area is 148 Å². The van der Waals surface area contributed by atoms with Gasteiger partial charge in [0.25, 0.3) is 5.91 Å². The van der Waals surface area contributed by atoms with Crippen LogP contribution in [0.4, 0.5) is 5.69 Å². The second-order valence-electron chi connectivity index (χ2n) is 6.06. The number of hydrogen-bond acceptors (Lipinski definition) is 5. The molecule has 3 aliphatic rings. The van der Waals surface area contributed by atoms with Crippen molar-refractivity contribution in [3.63, 3.8) is 0 Å². The van der Waals surface area contributed by atoms with E-state index in [-0.39, 0.29) is 24.0 Å². The lowest BCUT2D eigenvalue weighted by atomic mass is 10.1. The highest BCUT2D eigenvalue weighted by molar-refractivity contribution is 7.99. The Bertz CT molecular complexity index is 900. The van der Waals surface area contributed by atoms with Gasteiger partial charge < -0.3 is 19.7 Å². The molecular weight excluding hydrogens is 340 g/mol. The summed E-state index contributed by atoms with van der Waals surface area (Å²) in [6.45, 7) is 0.189. The first-order valence-corrected chi connectivity index (χ1v) is 9.01. The number of fused-ring (bicyclic) bond motifs is 4. The van der Waals surface area contributed by atoms with E-state index in [1.165, 1.54) is 0 Å². The van der Waals surface area contributed by atoms with E-state index in [2.05, 4.69) is 5.32 Å². The zero-order valence-corrected chi connectivity index (χ0v) is 13.9. The van der Waals surface area contributed by atoms with E-state index in [1.807, 2.05) is 24.3 Å². The van der Waals surface area contributed by atoms with E-state index < -0.39 is 6.04 Å². The van der Waals surface area contributed by atoms with Gasteiger partial charge in [-0.1, -0.05) is 18.2 Å². The van der Waals surface area contributed by atoms with Crippen molar-refractivity contribution in [1.82, 2.24) is 4.90 Å². The standard InChI is InChI=1S/C18H14N2O4S/c21-16(19-10-5-6-14-15(7-10)24-9-23-14)13-8-25-18-12-4-2-1-3-11(12)17(22)20(13)18/h1-7,13,18H,8-9H2,(H,19,21). The fourth-order valence-electron chi connectivity index (χ4n) is 3.44. The first-order chi connectivity index (χ1) is 12.2. The third-order valence-electron chi connectivity index (χ3n) is 4.63. The maximum atomic E-state index is 12.8. The second-order valence-corrected chi connectivity index (χ2v) is 7.17. The molecule has 2 aromatic rings. The highest BCUT2D eigenvalue weighted by Crippen LogP contribution is 2.48. The van der Waals surface area contributed by atoms with E-state index >= 15 is 0 Å². The molecular formula is C18H14N2O4S. The Kier molecular flexibility index (Phi) is 3.18. The summed E-state index contributed by atoms with van der Waals surface area (Å²) in [6, 6.07) is 12.3. The molecule has 0 radical (unpaired) electrons. The minimum atomic E-state index is -0.486. The lowest BCUT2D eigenvalue weighted by Gasteiger charge is -2.22. The fourth-order valence-corrected chi connectivity index (χ4v) is 4.91. The third-order valence-corrected chi connectivity index (χ3v) is 5.94. The molecule has 0 bridgehead atoms. The van der Waals surface area contributed by atoms with Gasteiger partial charge in [-0.15, -0.1) is 11.8 Å². The smallest absolute Gasteiger partial charge is 0.256 e. The van der Waals surface area contributed by atoms with Crippen molar-refractivity contribution in [3.8, 4) is 11.5 Å². The zero-order chi connectivity index (χ0) is 17.0. The number of carbonyl (C=O) groups excluding carboxylic acids is 2. The van der Waals surface area contributed by atoms with Crippen molar-refractivity contribution >= 4 is 29.3 Å². The topological polar surface area (TPSA) is 67.9 Å². The largest absolute Gasteiger partial charge is 0.454 e. The molecule has 2 atom stereocenters. The number of amides is 2. The molecule has 2 aromatic carbocycles. The number of carbonyl (C=O) groups is 2. The van der Waals surface area contributed by atoms with Gasteiger partial charge in [-0.3, -0.25) is 9.59 Å². The highest BCUT2D eigenvalue weighted by Gasteiger charge is 2.48. The molecule has 126 valence electrons. The Morgan fingerprint density at radius 2 is 2.00 bits per heavy atom. The summed E-state index contributed by atoms with van der Waals surface area (Å²) >= 11 is 1.63. The predicted molar refractivity (Wildman–Crippen MR) is 92.8 cm³/mol. The van der Waals surface area contributed by atoms with Crippen LogP contribution in [0.3, 0.4) is 0 Å². The van der Waals surface area contributed by atoms with Gasteiger partial charge in [-0.2, -0.15) is 0 Å². The minimum Gasteiger partial charge on any atom is -0.454 e. The van der Waals surface area contributed by atoms with E-state index in [0.29, 0.717) is 28.5 Å². The summed E-state index contributed by atoms with van der Waals surface area (Å²) in [6.07, 6.45) is 0. The molecule has 3 aliphatic heterocycles. The van der Waals surface area contributed by atoms with Crippen molar-refractivity contribution in [2.75, 3.05) is 17.9 Å². The molecule has 0 aliphatic carbocycles. The maximum absolute atomic E-state index is 12.8. The van der Waals surface area contributed by atoms with Crippen LogP contribution >= 0.6 is 11.8 Å². The summed E-state index contributed by atoms with van der Waals surface area (Å²) < 4.78 is 10.6. The number of nitrogens with zero attached hydrogens (tertiary/aromatic N) is 1. The van der Waals surface area contributed by atoms with Crippen LogP contribution in [0.5, 0.6) is 11.5 Å². The Morgan fingerprint density at radius 3 is 2.92 bits per heavy atom. The normalized spacial score (nSPS) is 22.7. The first kappa shape index (κ1) is 14.7. The van der Waals surface area contributed by atoms with Crippen molar-refractivity contribution in [3.05, 3.63) is 53.6 Å². The van der Waals surface area contributed by atoms with Gasteiger partial charge in [0.05, 0.1) is 0 Å². The second kappa shape index (κ2) is 5.42. The van der Waals surface area contributed by atoms with Gasteiger partial charge in [0.15, 0.2) is 11.5 Å². The van der Waals surface area contributed by atoms with E-state index in [9.17, 15) is 9.59 Å². The number of benzene rings is 2. The van der Waals surface area contributed by atoms with Crippen LogP contribution in [0.25, 0.3) is 0 Å².